The summed E-state index contributed by atoms with van der Waals surface area (Å²) in [5.74, 6) is -2.80. The molecule has 0 spiro atoms. The molecule has 338 valence electrons. The van der Waals surface area contributed by atoms with Crippen LogP contribution in [-0.2, 0) is 60.6 Å². The van der Waals surface area contributed by atoms with Crippen LogP contribution < -0.4 is 25.2 Å². The first-order valence-corrected chi connectivity index (χ1v) is 28.7. The molecule has 0 amide bonds. The Hall–Kier alpha value is -3.86. The van der Waals surface area contributed by atoms with E-state index >= 15 is 0 Å². The summed E-state index contributed by atoms with van der Waals surface area (Å²) in [5, 5.41) is 1.52. The standard InChI is InChI=1S/C35H47N3O14S4Si.O3S/c1-22-18-34(2,3)37(9-12-54(43,44)45)28-16-30-26(14-24(22)28)33(36-32(52-21-39)8-11-53(40,41)42)27-15-25-23(20-56(49,50)51)19-35(4,5)38(10-13-55(46,47)48)29(25)17-31(27)57(30,6)7;1-4(2)3/h14-19,21,32H,8-13,20H2,1-7H3,(H,40,41,42)(H,43,44,45)(H,46,47,48)(H,49,50,51);/p+1. The van der Waals surface area contributed by atoms with Crippen molar-refractivity contribution in [2.45, 2.75) is 71.4 Å². The summed E-state index contributed by atoms with van der Waals surface area (Å²) in [6.45, 7) is 13.1. The second kappa shape index (κ2) is 17.4. The van der Waals surface area contributed by atoms with Gasteiger partial charge in [0.1, 0.15) is 13.8 Å². The molecule has 1 unspecified atom stereocenters. The predicted octanol–water partition coefficient (Wildman–Crippen LogP) is -0.839. The highest BCUT2D eigenvalue weighted by molar-refractivity contribution is 7.86. The van der Waals surface area contributed by atoms with Gasteiger partial charge in [0, 0.05) is 46.7 Å². The average molecular weight is 971 g/mol. The Bertz CT molecular complexity index is 2800. The Kier molecular flexibility index (Phi) is 14.2. The summed E-state index contributed by atoms with van der Waals surface area (Å²) >= 11 is 0. The van der Waals surface area contributed by atoms with Crippen LogP contribution in [0.1, 0.15) is 63.3 Å². The van der Waals surface area contributed by atoms with Gasteiger partial charge in [0.2, 0.25) is 5.71 Å². The first-order chi connectivity index (χ1) is 27.6. The van der Waals surface area contributed by atoms with Crippen LogP contribution >= 0.6 is 0 Å². The fourth-order valence-electron chi connectivity index (χ4n) is 8.18. The molecule has 3 heterocycles. The third-order valence-electron chi connectivity index (χ3n) is 10.6. The van der Waals surface area contributed by atoms with Crippen LogP contribution in [0, 0.1) is 0 Å². The van der Waals surface area contributed by atoms with E-state index in [1.54, 1.807) is 30.9 Å². The first-order valence-electron chi connectivity index (χ1n) is 18.2. The Labute approximate surface area is 357 Å². The van der Waals surface area contributed by atoms with E-state index in [4.69, 9.17) is 17.4 Å². The molecule has 1 atom stereocenters. The summed E-state index contributed by atoms with van der Waals surface area (Å²) < 4.78 is 166. The largest absolute Gasteiger partial charge is 0.425 e. The topological polar surface area (TPSA) is 315 Å². The number of fused-ring (bicyclic) bond motifs is 4. The summed E-state index contributed by atoms with van der Waals surface area (Å²) in [6, 6.07) is 7.31. The molecule has 5 N–H and O–H groups in total. The highest BCUT2D eigenvalue weighted by Gasteiger charge is 2.45. The van der Waals surface area contributed by atoms with Crippen LogP contribution in [0.4, 0.5) is 11.4 Å². The number of allylic oxidation sites excluding steroid dienone is 1. The van der Waals surface area contributed by atoms with Gasteiger partial charge >= 0.3 is 10.6 Å². The molecule has 3 aliphatic rings. The molecule has 0 saturated carbocycles. The second-order valence-corrected chi connectivity index (χ2v) is 27.3. The van der Waals surface area contributed by atoms with Crippen molar-refractivity contribution in [1.82, 2.24) is 0 Å². The van der Waals surface area contributed by atoms with E-state index in [0.717, 1.165) is 15.9 Å². The molecular formula is C35H48N3O17S5Si+. The molecule has 0 radical (unpaired) electrons. The van der Waals surface area contributed by atoms with E-state index in [0.29, 0.717) is 39.3 Å². The smallest absolute Gasteiger partial charge is 0.405 e. The molecule has 0 aromatic heterocycles. The van der Waals surface area contributed by atoms with Crippen molar-refractivity contribution in [2.75, 3.05) is 45.9 Å². The lowest BCUT2D eigenvalue weighted by Crippen LogP contribution is -2.83. The van der Waals surface area contributed by atoms with Crippen LogP contribution in [0.25, 0.3) is 11.1 Å². The maximum absolute atomic E-state index is 12.4. The minimum absolute atomic E-state index is 0.0616. The number of nitrogens with one attached hydrogen (secondary N) is 1. The lowest BCUT2D eigenvalue weighted by atomic mass is 9.85. The van der Waals surface area contributed by atoms with Crippen LogP contribution in [-0.4, -0.2) is 138 Å². The Morgan fingerprint density at radius 3 is 1.56 bits per heavy atom. The zero-order valence-electron chi connectivity index (χ0n) is 34.1. The van der Waals surface area contributed by atoms with Gasteiger partial charge in [-0.15, -0.1) is 12.6 Å². The van der Waals surface area contributed by atoms with Gasteiger partial charge in [-0.1, -0.05) is 25.2 Å². The van der Waals surface area contributed by atoms with Gasteiger partial charge in [0.25, 0.3) is 53.2 Å². The van der Waals surface area contributed by atoms with Crippen molar-refractivity contribution in [3.05, 3.63) is 58.7 Å². The van der Waals surface area contributed by atoms with Crippen LogP contribution in [0.3, 0.4) is 0 Å². The lowest BCUT2D eigenvalue weighted by molar-refractivity contribution is -0.551. The highest BCUT2D eigenvalue weighted by atomic mass is 32.2. The number of hydrogen-bond donors (Lipinski definition) is 5. The zero-order chi connectivity index (χ0) is 46.5. The Morgan fingerprint density at radius 2 is 1.13 bits per heavy atom. The number of anilines is 2. The van der Waals surface area contributed by atoms with E-state index in [-0.39, 0.29) is 31.6 Å². The number of rotatable bonds is 14. The molecule has 61 heavy (non-hydrogen) atoms. The van der Waals surface area contributed by atoms with E-state index in [2.05, 4.69) is 4.99 Å². The van der Waals surface area contributed by atoms with Crippen LogP contribution in [0.15, 0.2) is 36.4 Å². The lowest BCUT2D eigenvalue weighted by Gasteiger charge is -2.46. The predicted molar refractivity (Wildman–Crippen MR) is 229 cm³/mol. The summed E-state index contributed by atoms with van der Waals surface area (Å²) in [5.41, 5.74) is 2.82. The quantitative estimate of drug-likeness (QED) is 0.0667. The highest BCUT2D eigenvalue weighted by Crippen LogP contribution is 2.43. The SMILES string of the molecule is CC1=CC(C)(C)N(CCS(=O)(=O)O)c2cc3c(cc21)C(=[NH+]C(CCS(=O)(=O)O)OC=O)c1cc2c(cc1[Si]3(C)C)N(CCS(=O)(=O)O)C(C)(C)C=C2CS(=O)(=O)O.O=S(=O)=O. The van der Waals surface area contributed by atoms with Gasteiger partial charge in [0.05, 0.1) is 34.8 Å². The van der Waals surface area contributed by atoms with Crippen molar-refractivity contribution in [1.29, 1.82) is 0 Å². The van der Waals surface area contributed by atoms with Gasteiger partial charge in [-0.25, -0.2) is 4.99 Å². The van der Waals surface area contributed by atoms with Gasteiger partial charge in [0.15, 0.2) is 0 Å². The molecule has 5 rings (SSSR count). The fraction of sp³-hybridized carbons (Fsp3) is 0.486. The Morgan fingerprint density at radius 1 is 0.705 bits per heavy atom. The van der Waals surface area contributed by atoms with E-state index < -0.39 is 99.5 Å². The zero-order valence-corrected chi connectivity index (χ0v) is 39.2. The number of carbonyl (C=O) groups is 1. The molecule has 0 bridgehead atoms. The molecule has 20 nitrogen and oxygen atoms in total. The van der Waals surface area contributed by atoms with Gasteiger partial charge in [-0.3, -0.25) is 23.0 Å². The molecular weight excluding hydrogens is 923 g/mol. The molecule has 0 saturated heterocycles. The van der Waals surface area contributed by atoms with Gasteiger partial charge in [-0.05, 0) is 80.4 Å². The number of carbonyl (C=O) groups excluding carboxylic acids is 1. The van der Waals surface area contributed by atoms with Gasteiger partial charge in [-0.2, -0.15) is 33.7 Å². The molecule has 0 fully saturated rings. The van der Waals surface area contributed by atoms with E-state index in [9.17, 15) is 56.7 Å². The monoisotopic (exact) mass is 970 g/mol. The third-order valence-corrected chi connectivity index (χ3v) is 17.0. The second-order valence-electron chi connectivity index (χ2n) is 16.4. The van der Waals surface area contributed by atoms with Crippen molar-refractivity contribution < 1.29 is 79.0 Å². The molecule has 3 aliphatic heterocycles. The maximum Gasteiger partial charge on any atom is 0.425 e. The molecule has 2 aromatic rings. The number of nitrogens with zero attached hydrogens (tertiary/aromatic N) is 2. The van der Waals surface area contributed by atoms with E-state index in [1.807, 2.05) is 63.0 Å². The summed E-state index contributed by atoms with van der Waals surface area (Å²) in [7, 11) is -24.0. The Balaban J connectivity index is 0.00000196. The van der Waals surface area contributed by atoms with Gasteiger partial charge < -0.3 is 14.5 Å². The molecule has 2 aromatic carbocycles. The summed E-state index contributed by atoms with van der Waals surface area (Å²) in [6.07, 6.45) is 1.85. The maximum atomic E-state index is 12.4. The normalized spacial score (nSPS) is 18.8. The van der Waals surface area contributed by atoms with Crippen molar-refractivity contribution in [2.24, 2.45) is 0 Å². The summed E-state index contributed by atoms with van der Waals surface area (Å²) in [4.78, 5) is 18.5. The van der Waals surface area contributed by atoms with Crippen molar-refractivity contribution >= 4 is 104 Å². The first kappa shape index (κ1) is 49.8. The van der Waals surface area contributed by atoms with Crippen LogP contribution in [0.2, 0.25) is 13.1 Å². The number of benzene rings is 2. The third kappa shape index (κ3) is 12.2. The molecule has 26 heteroatoms. The van der Waals surface area contributed by atoms with Crippen molar-refractivity contribution in [3.8, 4) is 0 Å². The number of ether oxygens (including phenoxy) is 1. The fourth-order valence-corrected chi connectivity index (χ4v) is 13.2. The van der Waals surface area contributed by atoms with E-state index in [1.165, 1.54) is 0 Å². The average Bonchev–Trinajstić information content (AvgIpc) is 3.05. The van der Waals surface area contributed by atoms with Crippen molar-refractivity contribution in [3.63, 3.8) is 0 Å². The van der Waals surface area contributed by atoms with Crippen LogP contribution in [0.5, 0.6) is 0 Å². The minimum Gasteiger partial charge on any atom is -0.405 e. The minimum atomic E-state index is -4.61. The molecule has 0 aliphatic carbocycles. The number of hydrogen-bond acceptors (Lipinski definition) is 15.